The molecule has 15 heavy (non-hydrogen) atoms. The van der Waals surface area contributed by atoms with Gasteiger partial charge in [0.1, 0.15) is 11.5 Å². The fourth-order valence-corrected chi connectivity index (χ4v) is 1.56. The molecule has 0 atom stereocenters. The van der Waals surface area contributed by atoms with E-state index in [1.54, 1.807) is 6.92 Å². The van der Waals surface area contributed by atoms with Crippen LogP contribution in [-0.4, -0.2) is 10.1 Å². The smallest absolute Gasteiger partial charge is 0.226 e. The number of aliphatic hydroxyl groups is 1. The van der Waals surface area contributed by atoms with Gasteiger partial charge in [-0.05, 0) is 31.2 Å². The lowest BCUT2D eigenvalue weighted by atomic mass is 10.2. The highest BCUT2D eigenvalue weighted by molar-refractivity contribution is 9.10. The lowest BCUT2D eigenvalue weighted by Crippen LogP contribution is -1.85. The lowest BCUT2D eigenvalue weighted by molar-refractivity contribution is 0.275. The zero-order chi connectivity index (χ0) is 10.8. The second kappa shape index (κ2) is 4.16. The summed E-state index contributed by atoms with van der Waals surface area (Å²) in [6.45, 7) is 1.70. The summed E-state index contributed by atoms with van der Waals surface area (Å²) in [6, 6.07) is 7.67. The lowest BCUT2D eigenvalue weighted by Gasteiger charge is -1.94. The number of nitrogens with zero attached hydrogens (tertiary/aromatic N) is 1. The first-order valence-corrected chi connectivity index (χ1v) is 5.33. The van der Waals surface area contributed by atoms with Crippen LogP contribution in [0.4, 0.5) is 0 Å². The van der Waals surface area contributed by atoms with Gasteiger partial charge >= 0.3 is 0 Å². The Morgan fingerprint density at radius 3 is 2.53 bits per heavy atom. The van der Waals surface area contributed by atoms with Gasteiger partial charge < -0.3 is 9.52 Å². The molecule has 0 saturated heterocycles. The van der Waals surface area contributed by atoms with Crippen molar-refractivity contribution in [1.82, 2.24) is 4.98 Å². The fraction of sp³-hybridized carbons (Fsp3) is 0.182. The van der Waals surface area contributed by atoms with E-state index in [0.717, 1.165) is 10.0 Å². The number of halogens is 1. The number of benzene rings is 1. The van der Waals surface area contributed by atoms with E-state index in [9.17, 15) is 0 Å². The van der Waals surface area contributed by atoms with Gasteiger partial charge in [-0.3, -0.25) is 0 Å². The summed E-state index contributed by atoms with van der Waals surface area (Å²) in [6.07, 6.45) is 0. The Morgan fingerprint density at radius 1 is 1.33 bits per heavy atom. The molecule has 1 aromatic heterocycles. The van der Waals surface area contributed by atoms with E-state index in [4.69, 9.17) is 9.52 Å². The van der Waals surface area contributed by atoms with E-state index in [1.807, 2.05) is 24.3 Å². The standard InChI is InChI=1S/C11H10BrNO2/c1-7-10(6-14)13-11(15-7)8-2-4-9(12)5-3-8/h2-5,14H,6H2,1H3. The van der Waals surface area contributed by atoms with Crippen LogP contribution in [0.3, 0.4) is 0 Å². The molecule has 3 nitrogen and oxygen atoms in total. The highest BCUT2D eigenvalue weighted by atomic mass is 79.9. The summed E-state index contributed by atoms with van der Waals surface area (Å²) in [5.41, 5.74) is 1.49. The largest absolute Gasteiger partial charge is 0.441 e. The maximum atomic E-state index is 8.99. The Morgan fingerprint density at radius 2 is 2.00 bits per heavy atom. The first kappa shape index (κ1) is 10.4. The summed E-state index contributed by atoms with van der Waals surface area (Å²) < 4.78 is 6.46. The molecule has 0 aliphatic rings. The summed E-state index contributed by atoms with van der Waals surface area (Å²) in [7, 11) is 0. The molecule has 2 rings (SSSR count). The molecule has 0 spiro atoms. The van der Waals surface area contributed by atoms with E-state index < -0.39 is 0 Å². The van der Waals surface area contributed by atoms with Crippen molar-refractivity contribution in [1.29, 1.82) is 0 Å². The van der Waals surface area contributed by atoms with E-state index in [1.165, 1.54) is 0 Å². The van der Waals surface area contributed by atoms with Crippen LogP contribution in [0.15, 0.2) is 33.2 Å². The van der Waals surface area contributed by atoms with Crippen LogP contribution in [0.1, 0.15) is 11.5 Å². The van der Waals surface area contributed by atoms with Crippen LogP contribution in [0, 0.1) is 6.92 Å². The third-order valence-electron chi connectivity index (χ3n) is 2.13. The van der Waals surface area contributed by atoms with Crippen molar-refractivity contribution in [2.45, 2.75) is 13.5 Å². The van der Waals surface area contributed by atoms with Crippen molar-refractivity contribution >= 4 is 15.9 Å². The van der Waals surface area contributed by atoms with Crippen LogP contribution in [0.25, 0.3) is 11.5 Å². The second-order valence-corrected chi connectivity index (χ2v) is 4.10. The first-order valence-electron chi connectivity index (χ1n) is 4.54. The zero-order valence-corrected chi connectivity index (χ0v) is 9.78. The molecule has 0 aliphatic carbocycles. The van der Waals surface area contributed by atoms with Crippen molar-refractivity contribution in [3.05, 3.63) is 40.2 Å². The van der Waals surface area contributed by atoms with Gasteiger partial charge in [-0.2, -0.15) is 0 Å². The average Bonchev–Trinajstić information content (AvgIpc) is 2.61. The van der Waals surface area contributed by atoms with Crippen LogP contribution < -0.4 is 0 Å². The number of hydrogen-bond acceptors (Lipinski definition) is 3. The molecule has 0 radical (unpaired) electrons. The SMILES string of the molecule is Cc1oc(-c2ccc(Br)cc2)nc1CO. The molecule has 1 aromatic carbocycles. The molecule has 0 unspecified atom stereocenters. The summed E-state index contributed by atoms with van der Waals surface area (Å²) in [5.74, 6) is 1.21. The Labute approximate surface area is 95.9 Å². The molecule has 0 saturated carbocycles. The third kappa shape index (κ3) is 2.11. The summed E-state index contributed by atoms with van der Waals surface area (Å²) >= 11 is 3.36. The molecule has 1 N–H and O–H groups in total. The molecular formula is C11H10BrNO2. The van der Waals surface area contributed by atoms with E-state index in [2.05, 4.69) is 20.9 Å². The molecular weight excluding hydrogens is 258 g/mol. The molecule has 2 aromatic rings. The van der Waals surface area contributed by atoms with Crippen molar-refractivity contribution in [2.24, 2.45) is 0 Å². The average molecular weight is 268 g/mol. The molecule has 0 bridgehead atoms. The number of oxazole rings is 1. The van der Waals surface area contributed by atoms with E-state index in [-0.39, 0.29) is 6.61 Å². The van der Waals surface area contributed by atoms with Crippen LogP contribution in [-0.2, 0) is 6.61 Å². The van der Waals surface area contributed by atoms with Gasteiger partial charge in [0.25, 0.3) is 0 Å². The maximum absolute atomic E-state index is 8.99. The predicted molar refractivity (Wildman–Crippen MR) is 60.3 cm³/mol. The highest BCUT2D eigenvalue weighted by Gasteiger charge is 2.09. The van der Waals surface area contributed by atoms with Crippen LogP contribution >= 0.6 is 15.9 Å². The quantitative estimate of drug-likeness (QED) is 0.910. The minimum atomic E-state index is -0.0914. The van der Waals surface area contributed by atoms with Gasteiger partial charge in [0.05, 0.1) is 6.61 Å². The molecule has 78 valence electrons. The first-order chi connectivity index (χ1) is 7.20. The minimum Gasteiger partial charge on any atom is -0.441 e. The predicted octanol–water partition coefficient (Wildman–Crippen LogP) is 2.90. The summed E-state index contributed by atoms with van der Waals surface area (Å²) in [4.78, 5) is 4.20. The number of rotatable bonds is 2. The second-order valence-electron chi connectivity index (χ2n) is 3.19. The molecule has 4 heteroatoms. The maximum Gasteiger partial charge on any atom is 0.226 e. The Kier molecular flexibility index (Phi) is 2.88. The number of aryl methyl sites for hydroxylation is 1. The fourth-order valence-electron chi connectivity index (χ4n) is 1.29. The Bertz CT molecular complexity index is 462. The van der Waals surface area contributed by atoms with Crippen LogP contribution in [0.5, 0.6) is 0 Å². The van der Waals surface area contributed by atoms with E-state index in [0.29, 0.717) is 17.3 Å². The summed E-state index contributed by atoms with van der Waals surface area (Å²) in [5, 5.41) is 8.99. The minimum absolute atomic E-state index is 0.0914. The van der Waals surface area contributed by atoms with Crippen molar-refractivity contribution in [3.8, 4) is 11.5 Å². The van der Waals surface area contributed by atoms with Crippen molar-refractivity contribution in [3.63, 3.8) is 0 Å². The molecule has 0 aliphatic heterocycles. The number of aliphatic hydroxyl groups excluding tert-OH is 1. The van der Waals surface area contributed by atoms with Gasteiger partial charge in [0.2, 0.25) is 5.89 Å². The van der Waals surface area contributed by atoms with Gasteiger partial charge in [0.15, 0.2) is 0 Å². The Balaban J connectivity index is 2.41. The normalized spacial score (nSPS) is 10.6. The topological polar surface area (TPSA) is 46.3 Å². The third-order valence-corrected chi connectivity index (χ3v) is 2.66. The molecule has 0 fully saturated rings. The highest BCUT2D eigenvalue weighted by Crippen LogP contribution is 2.23. The van der Waals surface area contributed by atoms with Gasteiger partial charge in [-0.25, -0.2) is 4.98 Å². The van der Waals surface area contributed by atoms with Crippen LogP contribution in [0.2, 0.25) is 0 Å². The number of hydrogen-bond donors (Lipinski definition) is 1. The van der Waals surface area contributed by atoms with Crippen molar-refractivity contribution < 1.29 is 9.52 Å². The monoisotopic (exact) mass is 267 g/mol. The number of aromatic nitrogens is 1. The van der Waals surface area contributed by atoms with Crippen molar-refractivity contribution in [2.75, 3.05) is 0 Å². The van der Waals surface area contributed by atoms with Gasteiger partial charge in [0, 0.05) is 10.0 Å². The van der Waals surface area contributed by atoms with Gasteiger partial charge in [-0.1, -0.05) is 15.9 Å². The Hall–Kier alpha value is -1.13. The van der Waals surface area contributed by atoms with Gasteiger partial charge in [-0.15, -0.1) is 0 Å². The molecule has 0 amide bonds. The zero-order valence-electron chi connectivity index (χ0n) is 8.20. The van der Waals surface area contributed by atoms with E-state index >= 15 is 0 Å². The molecule has 1 heterocycles.